The molecule has 1 aliphatic carbocycles. The second-order valence-electron chi connectivity index (χ2n) is 8.28. The highest BCUT2D eigenvalue weighted by atomic mass is 16.7. The standard InChI is InChI=1S/C28H29NO5/c1-22(34-27(31)17-15-23-9-8-18-28(21-23)32-19-20-33-28)14-16-26(30)29(24-10-4-2-5-11-24)25-12-6-3-7-13-25/h2-7,9-17,22H,8,18-21H2,1H3/t22-/m1/s1. The number of benzene rings is 2. The quantitative estimate of drug-likeness (QED) is 0.418. The zero-order chi connectivity index (χ0) is 23.8. The first-order valence-corrected chi connectivity index (χ1v) is 11.5. The number of rotatable bonds is 7. The van der Waals surface area contributed by atoms with Crippen LogP contribution in [0, 0.1) is 0 Å². The van der Waals surface area contributed by atoms with E-state index in [2.05, 4.69) is 6.08 Å². The fourth-order valence-corrected chi connectivity index (χ4v) is 4.11. The molecule has 2 aromatic rings. The second-order valence-corrected chi connectivity index (χ2v) is 8.28. The molecule has 1 amide bonds. The number of para-hydroxylation sites is 2. The number of esters is 1. The van der Waals surface area contributed by atoms with E-state index in [1.54, 1.807) is 24.0 Å². The number of anilines is 2. The minimum atomic E-state index is -0.567. The molecule has 34 heavy (non-hydrogen) atoms. The van der Waals surface area contributed by atoms with E-state index in [9.17, 15) is 9.59 Å². The minimum Gasteiger partial charge on any atom is -0.455 e. The molecule has 6 nitrogen and oxygen atoms in total. The Morgan fingerprint density at radius 3 is 2.21 bits per heavy atom. The maximum atomic E-state index is 13.0. The number of carbonyl (C=O) groups excluding carboxylic acids is 2. The fourth-order valence-electron chi connectivity index (χ4n) is 4.11. The van der Waals surface area contributed by atoms with Crippen molar-refractivity contribution in [2.45, 2.75) is 38.1 Å². The molecule has 0 aromatic heterocycles. The van der Waals surface area contributed by atoms with Gasteiger partial charge in [0, 0.05) is 36.4 Å². The molecule has 1 heterocycles. The highest BCUT2D eigenvalue weighted by molar-refractivity contribution is 6.07. The topological polar surface area (TPSA) is 65.1 Å². The molecule has 2 aromatic carbocycles. The molecule has 1 saturated heterocycles. The van der Waals surface area contributed by atoms with Crippen LogP contribution < -0.4 is 4.90 Å². The Hall–Kier alpha value is -3.48. The molecule has 0 saturated carbocycles. The summed E-state index contributed by atoms with van der Waals surface area (Å²) in [6.07, 6.45) is 9.99. The third-order valence-electron chi connectivity index (χ3n) is 5.71. The van der Waals surface area contributed by atoms with E-state index >= 15 is 0 Å². The lowest BCUT2D eigenvalue weighted by Gasteiger charge is -2.30. The SMILES string of the molecule is C[C@H](C=CC(=O)N(c1ccccc1)c1ccccc1)OC(=O)C=CC1=CCCC2(C1)OCCO2. The van der Waals surface area contributed by atoms with Gasteiger partial charge in [0.25, 0.3) is 5.91 Å². The summed E-state index contributed by atoms with van der Waals surface area (Å²) in [6.45, 7) is 2.93. The first kappa shape index (κ1) is 23.7. The number of hydrogen-bond donors (Lipinski definition) is 0. The van der Waals surface area contributed by atoms with Crippen LogP contribution in [0.2, 0.25) is 0 Å². The summed E-state index contributed by atoms with van der Waals surface area (Å²) in [7, 11) is 0. The number of hydrogen-bond acceptors (Lipinski definition) is 5. The number of ether oxygens (including phenoxy) is 3. The van der Waals surface area contributed by atoms with Crippen molar-refractivity contribution in [1.29, 1.82) is 0 Å². The van der Waals surface area contributed by atoms with Gasteiger partial charge < -0.3 is 14.2 Å². The maximum absolute atomic E-state index is 13.0. The highest BCUT2D eigenvalue weighted by Gasteiger charge is 2.38. The zero-order valence-corrected chi connectivity index (χ0v) is 19.3. The van der Waals surface area contributed by atoms with E-state index in [1.165, 1.54) is 12.2 Å². The Kier molecular flexibility index (Phi) is 7.72. The molecule has 4 rings (SSSR count). The van der Waals surface area contributed by atoms with Crippen LogP contribution in [0.3, 0.4) is 0 Å². The van der Waals surface area contributed by atoms with Crippen molar-refractivity contribution in [2.24, 2.45) is 0 Å². The predicted octanol–water partition coefficient (Wildman–Crippen LogP) is 5.25. The number of nitrogens with zero attached hydrogens (tertiary/aromatic N) is 1. The van der Waals surface area contributed by atoms with Crippen molar-refractivity contribution in [3.63, 3.8) is 0 Å². The molecule has 0 unspecified atom stereocenters. The summed E-state index contributed by atoms with van der Waals surface area (Å²) in [4.78, 5) is 27.0. The molecular weight excluding hydrogens is 430 g/mol. The molecule has 0 bridgehead atoms. The second kappa shape index (κ2) is 11.1. The number of carbonyl (C=O) groups is 2. The van der Waals surface area contributed by atoms with Crippen molar-refractivity contribution in [2.75, 3.05) is 18.1 Å². The summed E-state index contributed by atoms with van der Waals surface area (Å²) in [5, 5.41) is 0. The van der Waals surface area contributed by atoms with Gasteiger partial charge in [-0.1, -0.05) is 48.6 Å². The van der Waals surface area contributed by atoms with Crippen LogP contribution in [-0.4, -0.2) is 37.0 Å². The van der Waals surface area contributed by atoms with Crippen molar-refractivity contribution in [1.82, 2.24) is 0 Å². The molecule has 0 radical (unpaired) electrons. The van der Waals surface area contributed by atoms with Gasteiger partial charge in [-0.15, -0.1) is 0 Å². The molecule has 1 atom stereocenters. The van der Waals surface area contributed by atoms with E-state index in [0.29, 0.717) is 19.6 Å². The molecule has 0 N–H and O–H groups in total. The van der Waals surface area contributed by atoms with Crippen LogP contribution in [0.1, 0.15) is 26.2 Å². The highest BCUT2D eigenvalue weighted by Crippen LogP contribution is 2.36. The number of allylic oxidation sites excluding steroid dienone is 2. The molecule has 1 aliphatic heterocycles. The third kappa shape index (κ3) is 6.10. The predicted molar refractivity (Wildman–Crippen MR) is 130 cm³/mol. The summed E-state index contributed by atoms with van der Waals surface area (Å²) >= 11 is 0. The Morgan fingerprint density at radius 2 is 1.59 bits per heavy atom. The summed E-state index contributed by atoms with van der Waals surface area (Å²) in [5.74, 6) is -1.25. The average molecular weight is 460 g/mol. The third-order valence-corrected chi connectivity index (χ3v) is 5.71. The lowest BCUT2D eigenvalue weighted by molar-refractivity contribution is -0.162. The number of amides is 1. The minimum absolute atomic E-state index is 0.231. The molecule has 176 valence electrons. The Morgan fingerprint density at radius 1 is 0.971 bits per heavy atom. The van der Waals surface area contributed by atoms with Crippen molar-refractivity contribution in [3.8, 4) is 0 Å². The van der Waals surface area contributed by atoms with E-state index in [4.69, 9.17) is 14.2 Å². The van der Waals surface area contributed by atoms with Gasteiger partial charge in [0.15, 0.2) is 5.79 Å². The van der Waals surface area contributed by atoms with Crippen LogP contribution in [0.5, 0.6) is 0 Å². The van der Waals surface area contributed by atoms with E-state index < -0.39 is 17.9 Å². The van der Waals surface area contributed by atoms with Crippen LogP contribution in [0.15, 0.2) is 96.6 Å². The first-order chi connectivity index (χ1) is 16.5. The molecule has 2 aliphatic rings. The van der Waals surface area contributed by atoms with Gasteiger partial charge in [0.1, 0.15) is 6.10 Å². The summed E-state index contributed by atoms with van der Waals surface area (Å²) < 4.78 is 17.0. The van der Waals surface area contributed by atoms with Gasteiger partial charge >= 0.3 is 5.97 Å². The average Bonchev–Trinajstić information content (AvgIpc) is 3.30. The summed E-state index contributed by atoms with van der Waals surface area (Å²) in [6, 6.07) is 18.8. The van der Waals surface area contributed by atoms with Crippen LogP contribution >= 0.6 is 0 Å². The zero-order valence-electron chi connectivity index (χ0n) is 19.3. The molecule has 6 heteroatoms. The lowest BCUT2D eigenvalue weighted by Crippen LogP contribution is -2.32. The van der Waals surface area contributed by atoms with E-state index in [-0.39, 0.29) is 5.91 Å². The monoisotopic (exact) mass is 459 g/mol. The van der Waals surface area contributed by atoms with Gasteiger partial charge in [-0.3, -0.25) is 9.69 Å². The molecule has 1 fully saturated rings. The largest absolute Gasteiger partial charge is 0.455 e. The van der Waals surface area contributed by atoms with Gasteiger partial charge in [0.05, 0.1) is 13.2 Å². The van der Waals surface area contributed by atoms with Gasteiger partial charge in [0.2, 0.25) is 0 Å². The van der Waals surface area contributed by atoms with Crippen molar-refractivity contribution < 1.29 is 23.8 Å². The smallest absolute Gasteiger partial charge is 0.331 e. The Balaban J connectivity index is 1.35. The summed E-state index contributed by atoms with van der Waals surface area (Å²) in [5.41, 5.74) is 2.50. The normalized spacial score (nSPS) is 18.2. The maximum Gasteiger partial charge on any atom is 0.331 e. The van der Waals surface area contributed by atoms with E-state index in [0.717, 1.165) is 29.8 Å². The first-order valence-electron chi connectivity index (χ1n) is 11.5. The van der Waals surface area contributed by atoms with Crippen LogP contribution in [0.25, 0.3) is 0 Å². The van der Waals surface area contributed by atoms with Gasteiger partial charge in [-0.25, -0.2) is 4.79 Å². The fraction of sp³-hybridized carbons (Fsp3) is 0.286. The van der Waals surface area contributed by atoms with Crippen molar-refractivity contribution >= 4 is 23.3 Å². The Labute approximate surface area is 200 Å². The van der Waals surface area contributed by atoms with Crippen LogP contribution in [-0.2, 0) is 23.8 Å². The van der Waals surface area contributed by atoms with Crippen molar-refractivity contribution in [3.05, 3.63) is 96.6 Å². The van der Waals surface area contributed by atoms with Gasteiger partial charge in [-0.05, 0) is 49.3 Å². The van der Waals surface area contributed by atoms with E-state index in [1.807, 2.05) is 60.7 Å². The lowest BCUT2D eigenvalue weighted by atomic mass is 9.93. The van der Waals surface area contributed by atoms with Gasteiger partial charge in [-0.2, -0.15) is 0 Å². The van der Waals surface area contributed by atoms with Crippen LogP contribution in [0.4, 0.5) is 11.4 Å². The molecule has 1 spiro atoms. The Bertz CT molecular complexity index is 1030. The molecular formula is C28H29NO5.